The Kier molecular flexibility index (Phi) is 4.32. The average molecular weight is 348 g/mol. The van der Waals surface area contributed by atoms with Crippen LogP contribution in [-0.2, 0) is 0 Å². The van der Waals surface area contributed by atoms with Crippen LogP contribution in [0.25, 0.3) is 0 Å². The Balaban J connectivity index is 2.68. The van der Waals surface area contributed by atoms with E-state index in [1.807, 2.05) is 0 Å². The predicted octanol–water partition coefficient (Wildman–Crippen LogP) is 5.09. The number of rotatable bonds is 2. The molecule has 0 spiro atoms. The minimum Gasteiger partial charge on any atom is -0.204 e. The van der Waals surface area contributed by atoms with Crippen molar-refractivity contribution in [3.8, 4) is 0 Å². The molecule has 0 radical (unpaired) electrons. The van der Waals surface area contributed by atoms with E-state index in [0.717, 1.165) is 0 Å². The predicted molar refractivity (Wildman–Crippen MR) is 56.6 cm³/mol. The molecular weight excluding hydrogens is 347 g/mol. The summed E-state index contributed by atoms with van der Waals surface area (Å²) in [6.07, 6.45) is 0. The zero-order chi connectivity index (χ0) is 16.8. The van der Waals surface area contributed by atoms with E-state index in [1.165, 1.54) is 0 Å². The van der Waals surface area contributed by atoms with Crippen molar-refractivity contribution in [3.05, 3.63) is 58.4 Å². The first kappa shape index (κ1) is 16.5. The van der Waals surface area contributed by atoms with E-state index >= 15 is 0 Å². The molecule has 118 valence electrons. The normalized spacial score (nSPS) is 11.1. The lowest BCUT2D eigenvalue weighted by Gasteiger charge is -2.10. The molecule has 0 nitrogen and oxygen atoms in total. The highest BCUT2D eigenvalue weighted by Crippen LogP contribution is 2.39. The lowest BCUT2D eigenvalue weighted by Crippen LogP contribution is -2.04. The van der Waals surface area contributed by atoms with E-state index in [2.05, 4.69) is 0 Å². The second-order valence-electron chi connectivity index (χ2n) is 3.80. The molecule has 0 saturated heterocycles. The zero-order valence-electron chi connectivity index (χ0n) is 9.89. The molecule has 0 aliphatic heterocycles. The summed E-state index contributed by atoms with van der Waals surface area (Å²) in [6, 6.07) is -0.173. The van der Waals surface area contributed by atoms with Crippen LogP contribution < -0.4 is 0 Å². The Morgan fingerprint density at radius 1 is 0.455 bits per heavy atom. The van der Waals surface area contributed by atoms with Gasteiger partial charge in [-0.25, -0.2) is 39.5 Å². The van der Waals surface area contributed by atoms with Gasteiger partial charge in [0, 0.05) is 6.07 Å². The first-order valence-electron chi connectivity index (χ1n) is 5.19. The second kappa shape index (κ2) is 5.75. The molecule has 0 unspecified atom stereocenters. The second-order valence-corrected chi connectivity index (χ2v) is 4.82. The van der Waals surface area contributed by atoms with Crippen LogP contribution in [0.2, 0.25) is 0 Å². The number of benzene rings is 2. The Morgan fingerprint density at radius 3 is 1.18 bits per heavy atom. The van der Waals surface area contributed by atoms with Gasteiger partial charge in [-0.2, -0.15) is 0 Å². The van der Waals surface area contributed by atoms with E-state index < -0.39 is 73.9 Å². The molecule has 0 saturated carbocycles. The molecule has 10 heteroatoms. The summed E-state index contributed by atoms with van der Waals surface area (Å²) in [5, 5.41) is 0. The smallest absolute Gasteiger partial charge is 0.200 e. The van der Waals surface area contributed by atoms with Gasteiger partial charge in [0.2, 0.25) is 5.82 Å². The average Bonchev–Trinajstić information content (AvgIpc) is 2.48. The van der Waals surface area contributed by atoms with Gasteiger partial charge < -0.3 is 0 Å². The summed E-state index contributed by atoms with van der Waals surface area (Å²) in [6.45, 7) is 0. The van der Waals surface area contributed by atoms with Gasteiger partial charge in [-0.1, -0.05) is 11.8 Å². The fourth-order valence-corrected chi connectivity index (χ4v) is 2.35. The first-order valence-corrected chi connectivity index (χ1v) is 6.00. The van der Waals surface area contributed by atoms with Crippen LogP contribution in [0.3, 0.4) is 0 Å². The van der Waals surface area contributed by atoms with Crippen LogP contribution in [0.5, 0.6) is 0 Å². The van der Waals surface area contributed by atoms with Crippen LogP contribution in [0.15, 0.2) is 15.9 Å². The molecule has 0 N–H and O–H groups in total. The van der Waals surface area contributed by atoms with E-state index in [1.54, 1.807) is 0 Å². The summed E-state index contributed by atoms with van der Waals surface area (Å²) < 4.78 is 118. The van der Waals surface area contributed by atoms with Gasteiger partial charge in [0.1, 0.15) is 0 Å². The van der Waals surface area contributed by atoms with Crippen molar-refractivity contribution < 1.29 is 39.5 Å². The highest BCUT2D eigenvalue weighted by atomic mass is 32.2. The molecule has 0 fully saturated rings. The molecule has 2 aromatic carbocycles. The first-order chi connectivity index (χ1) is 10.2. The van der Waals surface area contributed by atoms with E-state index in [9.17, 15) is 39.5 Å². The summed E-state index contributed by atoms with van der Waals surface area (Å²) in [5.41, 5.74) is 0. The number of halogens is 9. The maximum Gasteiger partial charge on any atom is 0.200 e. The van der Waals surface area contributed by atoms with Gasteiger partial charge in [0.15, 0.2) is 46.5 Å². The SMILES string of the molecule is Fc1cc(F)c(F)c(Sc2c(F)c(F)c(F)c(F)c2F)c1F. The molecule has 0 bridgehead atoms. The molecule has 0 aromatic heterocycles. The van der Waals surface area contributed by atoms with Crippen LogP contribution in [-0.4, -0.2) is 0 Å². The summed E-state index contributed by atoms with van der Waals surface area (Å²) in [4.78, 5) is -3.28. The van der Waals surface area contributed by atoms with Crippen molar-refractivity contribution in [1.29, 1.82) is 0 Å². The van der Waals surface area contributed by atoms with Crippen LogP contribution in [0.1, 0.15) is 0 Å². The number of hydrogen-bond acceptors (Lipinski definition) is 1. The molecule has 0 amide bonds. The largest absolute Gasteiger partial charge is 0.204 e. The van der Waals surface area contributed by atoms with Gasteiger partial charge in [0.25, 0.3) is 0 Å². The maximum absolute atomic E-state index is 13.4. The summed E-state index contributed by atoms with van der Waals surface area (Å²) in [5.74, 6) is -19.8. The van der Waals surface area contributed by atoms with Gasteiger partial charge in [-0.15, -0.1) is 0 Å². The Labute approximate surface area is 120 Å². The lowest BCUT2D eigenvalue weighted by atomic mass is 10.3. The van der Waals surface area contributed by atoms with Gasteiger partial charge >= 0.3 is 0 Å². The summed E-state index contributed by atoms with van der Waals surface area (Å²) in [7, 11) is 0. The minimum atomic E-state index is -2.48. The lowest BCUT2D eigenvalue weighted by molar-refractivity contribution is 0.360. The zero-order valence-corrected chi connectivity index (χ0v) is 10.7. The van der Waals surface area contributed by atoms with Crippen molar-refractivity contribution >= 4 is 11.8 Å². The van der Waals surface area contributed by atoms with E-state index in [-0.39, 0.29) is 6.07 Å². The quantitative estimate of drug-likeness (QED) is 0.414. The molecule has 0 aliphatic rings. The summed E-state index contributed by atoms with van der Waals surface area (Å²) >= 11 is -0.667. The maximum atomic E-state index is 13.4. The standard InChI is InChI=1S/C12HF9S/c13-2-1-3(14)5(16)11(4(2)15)22-12-9(20)7(18)6(17)8(19)10(12)21/h1H. The third kappa shape index (κ3) is 2.51. The van der Waals surface area contributed by atoms with Crippen molar-refractivity contribution in [2.75, 3.05) is 0 Å². The third-order valence-corrected chi connectivity index (χ3v) is 3.57. The van der Waals surface area contributed by atoms with Crippen molar-refractivity contribution in [2.45, 2.75) is 9.79 Å². The molecular formula is C12HF9S. The van der Waals surface area contributed by atoms with Crippen LogP contribution in [0, 0.1) is 52.4 Å². The molecule has 22 heavy (non-hydrogen) atoms. The Morgan fingerprint density at radius 2 is 0.773 bits per heavy atom. The monoisotopic (exact) mass is 348 g/mol. The van der Waals surface area contributed by atoms with Crippen LogP contribution >= 0.6 is 11.8 Å². The van der Waals surface area contributed by atoms with Gasteiger partial charge in [-0.3, -0.25) is 0 Å². The Bertz CT molecular complexity index is 717. The third-order valence-electron chi connectivity index (χ3n) is 2.45. The molecule has 0 atom stereocenters. The molecule has 2 aromatic rings. The fraction of sp³-hybridized carbons (Fsp3) is 0. The molecule has 2 rings (SSSR count). The van der Waals surface area contributed by atoms with Crippen LogP contribution in [0.4, 0.5) is 39.5 Å². The number of hydrogen-bond donors (Lipinski definition) is 0. The van der Waals surface area contributed by atoms with E-state index in [4.69, 9.17) is 0 Å². The van der Waals surface area contributed by atoms with Gasteiger partial charge in [0.05, 0.1) is 9.79 Å². The topological polar surface area (TPSA) is 0 Å². The minimum absolute atomic E-state index is 0.173. The van der Waals surface area contributed by atoms with E-state index in [0.29, 0.717) is 0 Å². The van der Waals surface area contributed by atoms with Crippen molar-refractivity contribution in [2.24, 2.45) is 0 Å². The Hall–Kier alpha value is -1.84. The highest BCUT2D eigenvalue weighted by molar-refractivity contribution is 7.99. The van der Waals surface area contributed by atoms with Crippen molar-refractivity contribution in [1.82, 2.24) is 0 Å². The molecule has 0 heterocycles. The fourth-order valence-electron chi connectivity index (χ4n) is 1.42. The highest BCUT2D eigenvalue weighted by Gasteiger charge is 2.29. The van der Waals surface area contributed by atoms with Crippen molar-refractivity contribution in [3.63, 3.8) is 0 Å². The molecule has 0 aliphatic carbocycles. The van der Waals surface area contributed by atoms with Gasteiger partial charge in [-0.05, 0) is 0 Å².